The van der Waals surface area contributed by atoms with Gasteiger partial charge < -0.3 is 14.6 Å². The Hall–Kier alpha value is -3.75. The molecular weight excluding hydrogens is 363 g/mol. The Balaban J connectivity index is 1.67. The van der Waals surface area contributed by atoms with Crippen LogP contribution in [0.5, 0.6) is 0 Å². The average molecular weight is 380 g/mol. The first kappa shape index (κ1) is 17.7. The summed E-state index contributed by atoms with van der Waals surface area (Å²) in [6, 6.07) is 4.27. The highest BCUT2D eigenvalue weighted by atomic mass is 19.1. The third-order valence-electron chi connectivity index (χ3n) is 4.16. The van der Waals surface area contributed by atoms with E-state index in [0.29, 0.717) is 23.0 Å². The molecule has 9 heteroatoms. The van der Waals surface area contributed by atoms with E-state index in [2.05, 4.69) is 20.3 Å². The van der Waals surface area contributed by atoms with E-state index in [-0.39, 0.29) is 11.3 Å². The zero-order valence-corrected chi connectivity index (χ0v) is 15.5. The van der Waals surface area contributed by atoms with Crippen molar-refractivity contribution in [3.05, 3.63) is 60.5 Å². The van der Waals surface area contributed by atoms with E-state index in [1.54, 1.807) is 23.7 Å². The van der Waals surface area contributed by atoms with E-state index in [9.17, 15) is 9.18 Å². The third-order valence-corrected chi connectivity index (χ3v) is 4.16. The molecule has 0 aliphatic rings. The number of imidazole rings is 1. The van der Waals surface area contributed by atoms with Crippen LogP contribution in [0.25, 0.3) is 17.0 Å². The first-order valence-corrected chi connectivity index (χ1v) is 8.46. The molecule has 1 aromatic carbocycles. The molecule has 0 saturated carbocycles. The molecule has 4 rings (SSSR count). The number of aryl methyl sites for hydroxylation is 1. The minimum atomic E-state index is -0.467. The van der Waals surface area contributed by atoms with Crippen LogP contribution in [0.1, 0.15) is 16.4 Å². The van der Waals surface area contributed by atoms with Crippen LogP contribution < -0.4 is 10.2 Å². The van der Waals surface area contributed by atoms with Crippen LogP contribution in [0.2, 0.25) is 0 Å². The number of hydrogen-bond donors (Lipinski definition) is 1. The van der Waals surface area contributed by atoms with Gasteiger partial charge in [-0.15, -0.1) is 0 Å². The van der Waals surface area contributed by atoms with Gasteiger partial charge in [0.15, 0.2) is 5.89 Å². The number of rotatable bonds is 4. The monoisotopic (exact) mass is 380 g/mol. The fourth-order valence-corrected chi connectivity index (χ4v) is 2.69. The van der Waals surface area contributed by atoms with Crippen molar-refractivity contribution in [2.75, 3.05) is 24.3 Å². The topological polar surface area (TPSA) is 88.6 Å². The molecule has 1 N–H and O–H groups in total. The van der Waals surface area contributed by atoms with Crippen molar-refractivity contribution in [1.82, 2.24) is 19.4 Å². The molecule has 0 bridgehead atoms. The van der Waals surface area contributed by atoms with Crippen LogP contribution in [0.3, 0.4) is 0 Å². The van der Waals surface area contributed by atoms with Gasteiger partial charge in [0.1, 0.15) is 5.82 Å². The van der Waals surface area contributed by atoms with Crippen molar-refractivity contribution in [2.24, 2.45) is 0 Å². The van der Waals surface area contributed by atoms with Crippen molar-refractivity contribution in [3.63, 3.8) is 0 Å². The molecule has 3 heterocycles. The summed E-state index contributed by atoms with van der Waals surface area (Å²) in [5.74, 6) is -0.00229. The number of anilines is 2. The molecule has 8 nitrogen and oxygen atoms in total. The average Bonchev–Trinajstić information content (AvgIpc) is 3.28. The van der Waals surface area contributed by atoms with Gasteiger partial charge in [0.25, 0.3) is 5.91 Å². The highest BCUT2D eigenvalue weighted by Crippen LogP contribution is 2.26. The highest BCUT2D eigenvalue weighted by Gasteiger charge is 2.15. The molecule has 0 fully saturated rings. The molecule has 0 saturated heterocycles. The lowest BCUT2D eigenvalue weighted by Gasteiger charge is -2.10. The lowest BCUT2D eigenvalue weighted by molar-refractivity contribution is 0.0995. The zero-order chi connectivity index (χ0) is 19.8. The van der Waals surface area contributed by atoms with E-state index < -0.39 is 11.7 Å². The smallest absolute Gasteiger partial charge is 0.293 e. The van der Waals surface area contributed by atoms with Gasteiger partial charge in [-0.3, -0.25) is 9.20 Å². The van der Waals surface area contributed by atoms with Crippen LogP contribution in [-0.4, -0.2) is 39.4 Å². The van der Waals surface area contributed by atoms with Crippen molar-refractivity contribution >= 4 is 23.1 Å². The summed E-state index contributed by atoms with van der Waals surface area (Å²) in [5, 5.41) is 2.67. The van der Waals surface area contributed by atoms with Gasteiger partial charge in [-0.1, -0.05) is 0 Å². The van der Waals surface area contributed by atoms with E-state index in [0.717, 1.165) is 5.69 Å². The van der Waals surface area contributed by atoms with Gasteiger partial charge in [-0.25, -0.2) is 19.3 Å². The van der Waals surface area contributed by atoms with Gasteiger partial charge in [0.05, 0.1) is 23.8 Å². The first-order valence-electron chi connectivity index (χ1n) is 8.46. The van der Waals surface area contributed by atoms with E-state index in [4.69, 9.17) is 4.42 Å². The van der Waals surface area contributed by atoms with Gasteiger partial charge in [0, 0.05) is 44.7 Å². The van der Waals surface area contributed by atoms with Crippen molar-refractivity contribution in [1.29, 1.82) is 0 Å². The second-order valence-electron chi connectivity index (χ2n) is 6.43. The SMILES string of the molecule is Cc1ncc(C(=O)Nc2ccc(F)c(-c3cn4cc(N(C)C)cnc4n3)c2)o1. The Labute approximate surface area is 159 Å². The molecule has 0 aliphatic heterocycles. The fourth-order valence-electron chi connectivity index (χ4n) is 2.69. The van der Waals surface area contributed by atoms with Gasteiger partial charge in [-0.2, -0.15) is 0 Å². The summed E-state index contributed by atoms with van der Waals surface area (Å²) < 4.78 is 21.4. The highest BCUT2D eigenvalue weighted by molar-refractivity contribution is 6.02. The van der Waals surface area contributed by atoms with Crippen LogP contribution in [0, 0.1) is 12.7 Å². The summed E-state index contributed by atoms with van der Waals surface area (Å²) in [6.07, 6.45) is 6.58. The molecule has 4 aromatic rings. The van der Waals surface area contributed by atoms with Gasteiger partial charge in [0.2, 0.25) is 11.5 Å². The number of benzene rings is 1. The minimum Gasteiger partial charge on any atom is -0.436 e. The zero-order valence-electron chi connectivity index (χ0n) is 15.5. The number of nitrogens with zero attached hydrogens (tertiary/aromatic N) is 5. The number of carbonyl (C=O) groups is 1. The van der Waals surface area contributed by atoms with Gasteiger partial charge in [-0.05, 0) is 18.2 Å². The molecular formula is C19H17FN6O2. The lowest BCUT2D eigenvalue weighted by Crippen LogP contribution is -2.11. The second-order valence-corrected chi connectivity index (χ2v) is 6.43. The molecule has 142 valence electrons. The van der Waals surface area contributed by atoms with Gasteiger partial charge >= 0.3 is 0 Å². The van der Waals surface area contributed by atoms with E-state index in [1.165, 1.54) is 24.4 Å². The van der Waals surface area contributed by atoms with E-state index in [1.807, 2.05) is 25.2 Å². The summed E-state index contributed by atoms with van der Waals surface area (Å²) in [5.41, 5.74) is 1.96. The first-order chi connectivity index (χ1) is 13.4. The summed E-state index contributed by atoms with van der Waals surface area (Å²) in [6.45, 7) is 1.64. The summed E-state index contributed by atoms with van der Waals surface area (Å²) >= 11 is 0. The number of halogens is 1. The molecule has 0 atom stereocenters. The minimum absolute atomic E-state index is 0.0801. The third kappa shape index (κ3) is 3.29. The molecule has 28 heavy (non-hydrogen) atoms. The molecule has 0 aliphatic carbocycles. The summed E-state index contributed by atoms with van der Waals surface area (Å²) in [7, 11) is 3.81. The predicted octanol–water partition coefficient (Wildman–Crippen LogP) is 3.15. The van der Waals surface area contributed by atoms with Crippen LogP contribution in [0.4, 0.5) is 15.8 Å². The molecule has 3 aromatic heterocycles. The lowest BCUT2D eigenvalue weighted by atomic mass is 10.1. The van der Waals surface area contributed by atoms with Crippen molar-refractivity contribution in [3.8, 4) is 11.3 Å². The Bertz CT molecular complexity index is 1180. The Morgan fingerprint density at radius 3 is 2.75 bits per heavy atom. The fraction of sp³-hybridized carbons (Fsp3) is 0.158. The van der Waals surface area contributed by atoms with E-state index >= 15 is 0 Å². The summed E-state index contributed by atoms with van der Waals surface area (Å²) in [4.78, 5) is 26.7. The second kappa shape index (κ2) is 6.76. The number of amides is 1. The quantitative estimate of drug-likeness (QED) is 0.585. The number of oxazole rings is 1. The number of fused-ring (bicyclic) bond motifs is 1. The largest absolute Gasteiger partial charge is 0.436 e. The maximum Gasteiger partial charge on any atom is 0.293 e. The Morgan fingerprint density at radius 1 is 1.21 bits per heavy atom. The van der Waals surface area contributed by atoms with Crippen molar-refractivity contribution in [2.45, 2.75) is 6.92 Å². The molecule has 0 unspecified atom stereocenters. The predicted molar refractivity (Wildman–Crippen MR) is 102 cm³/mol. The number of nitrogens with one attached hydrogen (secondary N) is 1. The maximum absolute atomic E-state index is 14.4. The van der Waals surface area contributed by atoms with Crippen LogP contribution in [-0.2, 0) is 0 Å². The standard InChI is InChI=1S/C19H17FN6O2/c1-11-21-8-17(28-11)18(27)23-12-4-5-15(20)14(6-12)16-10-26-9-13(25(2)3)7-22-19(26)24-16/h4-10H,1-3H3,(H,23,27). The maximum atomic E-state index is 14.4. The van der Waals surface area contributed by atoms with Crippen molar-refractivity contribution < 1.29 is 13.6 Å². The Kier molecular flexibility index (Phi) is 4.26. The van der Waals surface area contributed by atoms with Crippen LogP contribution >= 0.6 is 0 Å². The normalized spacial score (nSPS) is 11.0. The van der Waals surface area contributed by atoms with Crippen LogP contribution in [0.15, 0.2) is 47.4 Å². The molecule has 0 spiro atoms. The molecule has 0 radical (unpaired) electrons. The number of carbonyl (C=O) groups excluding carboxylic acids is 1. The Morgan fingerprint density at radius 2 is 2.04 bits per heavy atom. The number of aromatic nitrogens is 4. The molecule has 1 amide bonds. The number of hydrogen-bond acceptors (Lipinski definition) is 6.